The summed E-state index contributed by atoms with van der Waals surface area (Å²) in [6.45, 7) is 1.39. The molecular formula is C31H31ClF2N8O6. The molecule has 14 nitrogen and oxygen atoms in total. The van der Waals surface area contributed by atoms with Gasteiger partial charge in [-0.2, -0.15) is 20.7 Å². The highest BCUT2D eigenvalue weighted by Crippen LogP contribution is 2.37. The molecule has 17 heteroatoms. The summed E-state index contributed by atoms with van der Waals surface area (Å²) in [5.41, 5.74) is 1.89. The van der Waals surface area contributed by atoms with Gasteiger partial charge in [0.2, 0.25) is 5.91 Å². The van der Waals surface area contributed by atoms with Gasteiger partial charge in [-0.3, -0.25) is 9.78 Å². The van der Waals surface area contributed by atoms with Gasteiger partial charge in [0.1, 0.15) is 47.7 Å². The second-order valence-electron chi connectivity index (χ2n) is 10.6. The summed E-state index contributed by atoms with van der Waals surface area (Å²) in [6, 6.07) is 8.30. The molecule has 5 rings (SSSR count). The zero-order valence-corrected chi connectivity index (χ0v) is 26.0. The Morgan fingerprint density at radius 1 is 1.27 bits per heavy atom. The third-order valence-electron chi connectivity index (χ3n) is 7.52. The number of carbonyl (C=O) groups excluding carboxylic acids is 1. The number of ether oxygens (including phenoxy) is 2. The zero-order chi connectivity index (χ0) is 34.4. The summed E-state index contributed by atoms with van der Waals surface area (Å²) in [6.07, 6.45) is -2.70. The van der Waals surface area contributed by atoms with E-state index in [2.05, 4.69) is 42.4 Å². The number of nitrogens with one attached hydrogen (secondary N) is 4. The van der Waals surface area contributed by atoms with Crippen LogP contribution < -0.4 is 20.7 Å². The second-order valence-corrected chi connectivity index (χ2v) is 11.0. The Labute approximate surface area is 277 Å². The third kappa shape index (κ3) is 7.52. The lowest BCUT2D eigenvalue weighted by Gasteiger charge is -2.41. The van der Waals surface area contributed by atoms with Crippen LogP contribution in [0.25, 0.3) is 10.9 Å². The van der Waals surface area contributed by atoms with Crippen molar-refractivity contribution < 1.29 is 38.4 Å². The van der Waals surface area contributed by atoms with Gasteiger partial charge in [0.25, 0.3) is 0 Å². The number of nitriles is 1. The Kier molecular flexibility index (Phi) is 11.1. The van der Waals surface area contributed by atoms with Crippen LogP contribution in [0.5, 0.6) is 5.75 Å². The van der Waals surface area contributed by atoms with E-state index in [-0.39, 0.29) is 35.1 Å². The molecule has 0 bridgehead atoms. The number of hydrogen-bond acceptors (Lipinski definition) is 12. The molecule has 48 heavy (non-hydrogen) atoms. The molecule has 1 amide bonds. The van der Waals surface area contributed by atoms with Crippen LogP contribution in [0.1, 0.15) is 24.2 Å². The lowest BCUT2D eigenvalue weighted by atomic mass is 9.91. The average Bonchev–Trinajstić information content (AvgIpc) is 3.61. The van der Waals surface area contributed by atoms with E-state index in [4.69, 9.17) is 21.1 Å². The molecule has 1 aliphatic heterocycles. The summed E-state index contributed by atoms with van der Waals surface area (Å²) in [4.78, 5) is 17.4. The molecule has 2 aromatic carbocycles. The van der Waals surface area contributed by atoms with Gasteiger partial charge in [-0.1, -0.05) is 17.7 Å². The predicted molar refractivity (Wildman–Crippen MR) is 170 cm³/mol. The molecule has 6 unspecified atom stereocenters. The van der Waals surface area contributed by atoms with Crippen LogP contribution in [0.15, 0.2) is 54.9 Å². The van der Waals surface area contributed by atoms with Gasteiger partial charge in [-0.15, -0.1) is 0 Å². The molecular weight excluding hydrogens is 654 g/mol. The van der Waals surface area contributed by atoms with E-state index < -0.39 is 55.0 Å². The summed E-state index contributed by atoms with van der Waals surface area (Å²) < 4.78 is 40.2. The third-order valence-corrected chi connectivity index (χ3v) is 7.81. The van der Waals surface area contributed by atoms with Crippen LogP contribution >= 0.6 is 11.6 Å². The minimum Gasteiger partial charge on any atom is -0.492 e. The largest absolute Gasteiger partial charge is 0.492 e. The number of carbonyl (C=O) groups is 1. The molecule has 7 N–H and O–H groups in total. The van der Waals surface area contributed by atoms with Gasteiger partial charge in [0.15, 0.2) is 6.17 Å². The second kappa shape index (κ2) is 15.4. The molecule has 4 aromatic rings. The van der Waals surface area contributed by atoms with Crippen molar-refractivity contribution >= 4 is 45.5 Å². The maximum Gasteiger partial charge on any atom is 0.248 e. The van der Waals surface area contributed by atoms with Crippen molar-refractivity contribution in [2.45, 2.75) is 43.6 Å². The van der Waals surface area contributed by atoms with Crippen molar-refractivity contribution in [2.75, 3.05) is 30.4 Å². The first-order chi connectivity index (χ1) is 23.1. The average molecular weight is 685 g/mol. The Bertz CT molecular complexity index is 1820. The Morgan fingerprint density at radius 2 is 2.08 bits per heavy atom. The standard InChI is InChI=1S/C31H31ClF2N8O6/c1-2-47-23-10-20-17(27(15(11-35)12-37-20)39-16-5-6-19(33)18(32)8-16)9-21(23)40-25(44)4-3-7-36-28(22-13-38-42-41-22)31-26(34)30(46)29(45)24(14-43)48-31/h3-6,8-10,12-13,24,26,28-31,36,43,45-46H,2,7,14H2,1H3,(H,37,39)(H,40,44)(H,38,41,42)/b4-3+. The Hall–Kier alpha value is -4.76. The Morgan fingerprint density at radius 3 is 2.77 bits per heavy atom. The number of nitrogens with zero attached hydrogens (tertiary/aromatic N) is 4. The van der Waals surface area contributed by atoms with E-state index in [1.165, 1.54) is 42.7 Å². The number of amides is 1. The van der Waals surface area contributed by atoms with Crippen molar-refractivity contribution in [3.05, 3.63) is 77.0 Å². The summed E-state index contributed by atoms with van der Waals surface area (Å²) in [7, 11) is 0. The number of pyridine rings is 1. The smallest absolute Gasteiger partial charge is 0.248 e. The van der Waals surface area contributed by atoms with Crippen LogP contribution in [0.3, 0.4) is 0 Å². The van der Waals surface area contributed by atoms with Gasteiger partial charge in [-0.05, 0) is 31.2 Å². The summed E-state index contributed by atoms with van der Waals surface area (Å²) in [5, 5.41) is 58.9. The first kappa shape index (κ1) is 34.6. The van der Waals surface area contributed by atoms with Crippen LogP contribution in [-0.4, -0.2) is 92.0 Å². The van der Waals surface area contributed by atoms with Crippen molar-refractivity contribution in [1.29, 1.82) is 5.26 Å². The SMILES string of the molecule is CCOc1cc2ncc(C#N)c(Nc3ccc(F)c(Cl)c3)c2cc1NC(=O)/C=C/CNC(c1cn[nH]n1)C1OC(CO)C(O)C(O)C1F. The highest BCUT2D eigenvalue weighted by molar-refractivity contribution is 6.31. The van der Waals surface area contributed by atoms with Crippen LogP contribution in [0.4, 0.5) is 25.8 Å². The molecule has 1 saturated heterocycles. The number of anilines is 3. The monoisotopic (exact) mass is 684 g/mol. The van der Waals surface area contributed by atoms with Gasteiger partial charge in [0, 0.05) is 36.0 Å². The highest BCUT2D eigenvalue weighted by atomic mass is 35.5. The normalized spacial score (nSPS) is 21.6. The number of hydrogen-bond donors (Lipinski definition) is 7. The Balaban J connectivity index is 1.35. The molecule has 0 saturated carbocycles. The zero-order valence-electron chi connectivity index (χ0n) is 25.3. The van der Waals surface area contributed by atoms with Crippen LogP contribution in [0.2, 0.25) is 5.02 Å². The number of alkyl halides is 1. The first-order valence-corrected chi connectivity index (χ1v) is 15.1. The fourth-order valence-electron chi connectivity index (χ4n) is 5.19. The number of rotatable bonds is 12. The van der Waals surface area contributed by atoms with Crippen molar-refractivity contribution in [3.8, 4) is 11.8 Å². The van der Waals surface area contributed by atoms with E-state index in [0.717, 1.165) is 0 Å². The minimum absolute atomic E-state index is 0.000246. The topological polar surface area (TPSA) is 211 Å². The molecule has 2 aromatic heterocycles. The maximum absolute atomic E-state index is 15.1. The fraction of sp³-hybridized carbons (Fsp3) is 0.323. The number of aliphatic hydroxyl groups is 3. The van der Waals surface area contributed by atoms with Gasteiger partial charge in [-0.25, -0.2) is 8.78 Å². The lowest BCUT2D eigenvalue weighted by molar-refractivity contribution is -0.219. The van der Waals surface area contributed by atoms with Gasteiger partial charge >= 0.3 is 0 Å². The minimum atomic E-state index is -2.04. The summed E-state index contributed by atoms with van der Waals surface area (Å²) in [5.74, 6) is -0.851. The number of aromatic nitrogens is 4. The number of aliphatic hydroxyl groups excluding tert-OH is 3. The van der Waals surface area contributed by atoms with E-state index in [1.54, 1.807) is 19.1 Å². The first-order valence-electron chi connectivity index (χ1n) is 14.7. The number of halogens is 3. The molecule has 0 spiro atoms. The van der Waals surface area contributed by atoms with Gasteiger partial charge in [0.05, 0.1) is 52.9 Å². The van der Waals surface area contributed by atoms with Crippen LogP contribution in [-0.2, 0) is 9.53 Å². The number of fused-ring (bicyclic) bond motifs is 1. The molecule has 3 heterocycles. The van der Waals surface area contributed by atoms with Crippen molar-refractivity contribution in [3.63, 3.8) is 0 Å². The molecule has 0 radical (unpaired) electrons. The van der Waals surface area contributed by atoms with E-state index in [1.807, 2.05) is 0 Å². The molecule has 1 fully saturated rings. The van der Waals surface area contributed by atoms with Gasteiger partial charge < -0.3 is 40.7 Å². The predicted octanol–water partition coefficient (Wildman–Crippen LogP) is 2.80. The fourth-order valence-corrected chi connectivity index (χ4v) is 5.37. The summed E-state index contributed by atoms with van der Waals surface area (Å²) >= 11 is 5.95. The van der Waals surface area contributed by atoms with Crippen molar-refractivity contribution in [2.24, 2.45) is 0 Å². The number of H-pyrrole nitrogens is 1. The molecule has 6 atom stereocenters. The molecule has 0 aliphatic carbocycles. The van der Waals surface area contributed by atoms with Crippen molar-refractivity contribution in [1.82, 2.24) is 25.7 Å². The molecule has 1 aliphatic rings. The van der Waals surface area contributed by atoms with Crippen LogP contribution in [0, 0.1) is 17.1 Å². The molecule has 252 valence electrons. The maximum atomic E-state index is 15.1. The lowest BCUT2D eigenvalue weighted by Crippen LogP contribution is -2.59. The van der Waals surface area contributed by atoms with E-state index in [9.17, 15) is 29.8 Å². The quantitative estimate of drug-likeness (QED) is 0.107. The highest BCUT2D eigenvalue weighted by Gasteiger charge is 2.48. The number of benzene rings is 2. The van der Waals surface area contributed by atoms with E-state index in [0.29, 0.717) is 28.0 Å². The van der Waals surface area contributed by atoms with E-state index >= 15 is 4.39 Å². The number of aromatic amines is 1.